The zero-order chi connectivity index (χ0) is 40.3. The van der Waals surface area contributed by atoms with Crippen LogP contribution in [0.25, 0.3) is 44.6 Å². The van der Waals surface area contributed by atoms with Gasteiger partial charge in [-0.2, -0.15) is 0 Å². The van der Waals surface area contributed by atoms with Gasteiger partial charge in [0, 0.05) is 22.7 Å². The van der Waals surface area contributed by atoms with Crippen molar-refractivity contribution in [3.05, 3.63) is 125 Å². The molecule has 302 valence electrons. The Balaban J connectivity index is 1.35. The third-order valence-electron chi connectivity index (χ3n) is 13.0. The molecule has 0 N–H and O–H groups in total. The van der Waals surface area contributed by atoms with Crippen LogP contribution < -0.4 is 0 Å². The van der Waals surface area contributed by atoms with Crippen molar-refractivity contribution in [2.45, 2.75) is 175 Å². The minimum absolute atomic E-state index is 0.0691. The molecule has 0 amide bonds. The van der Waals surface area contributed by atoms with Crippen molar-refractivity contribution in [3.63, 3.8) is 0 Å². The Kier molecular flexibility index (Phi) is 15.1. The van der Waals surface area contributed by atoms with Crippen LogP contribution in [-0.4, -0.2) is 4.98 Å². The molecular weight excluding hydrogens is 687 g/mol. The molecule has 0 saturated heterocycles. The number of pyridine rings is 1. The summed E-state index contributed by atoms with van der Waals surface area (Å²) in [5.74, 6) is 0. The summed E-state index contributed by atoms with van der Waals surface area (Å²) in [6, 6.07) is 35.6. The zero-order valence-electron chi connectivity index (χ0n) is 36.9. The second-order valence-corrected chi connectivity index (χ2v) is 18.4. The third-order valence-corrected chi connectivity index (χ3v) is 13.0. The lowest BCUT2D eigenvalue weighted by molar-refractivity contribution is 0.397. The summed E-state index contributed by atoms with van der Waals surface area (Å²) in [5, 5.41) is 0. The molecule has 1 heteroatoms. The molecule has 1 heterocycles. The second kappa shape index (κ2) is 20.1. The van der Waals surface area contributed by atoms with E-state index in [0.29, 0.717) is 0 Å². The van der Waals surface area contributed by atoms with Gasteiger partial charge in [0.1, 0.15) is 0 Å². The van der Waals surface area contributed by atoms with Crippen LogP contribution in [0.1, 0.15) is 179 Å². The number of benzene rings is 4. The topological polar surface area (TPSA) is 12.9 Å². The van der Waals surface area contributed by atoms with E-state index in [1.807, 2.05) is 0 Å². The maximum Gasteiger partial charge on any atom is 0.0702 e. The van der Waals surface area contributed by atoms with Crippen molar-refractivity contribution < 1.29 is 0 Å². The summed E-state index contributed by atoms with van der Waals surface area (Å²) >= 11 is 0. The van der Waals surface area contributed by atoms with Gasteiger partial charge in [0.25, 0.3) is 0 Å². The van der Waals surface area contributed by atoms with E-state index in [9.17, 15) is 0 Å². The van der Waals surface area contributed by atoms with E-state index in [1.165, 1.54) is 165 Å². The molecule has 6 rings (SSSR count). The summed E-state index contributed by atoms with van der Waals surface area (Å²) in [7, 11) is 0. The largest absolute Gasteiger partial charge is 0.256 e. The maximum absolute atomic E-state index is 5.21. The van der Waals surface area contributed by atoms with Crippen molar-refractivity contribution in [2.24, 2.45) is 0 Å². The number of fused-ring (bicyclic) bond motifs is 3. The Bertz CT molecular complexity index is 2010. The predicted molar refractivity (Wildman–Crippen MR) is 249 cm³/mol. The highest BCUT2D eigenvalue weighted by molar-refractivity contribution is 5.84. The first-order valence-corrected chi connectivity index (χ1v) is 23.2. The van der Waals surface area contributed by atoms with E-state index in [0.717, 1.165) is 12.1 Å². The smallest absolute Gasteiger partial charge is 0.0702 e. The first kappa shape index (κ1) is 42.6. The summed E-state index contributed by atoms with van der Waals surface area (Å²) in [6.07, 6.45) is 25.4. The van der Waals surface area contributed by atoms with Crippen LogP contribution >= 0.6 is 0 Å². The Morgan fingerprint density at radius 2 is 1.07 bits per heavy atom. The molecule has 1 nitrogen and oxygen atoms in total. The van der Waals surface area contributed by atoms with Crippen molar-refractivity contribution in [1.29, 1.82) is 0 Å². The molecule has 0 aliphatic heterocycles. The van der Waals surface area contributed by atoms with E-state index in [-0.39, 0.29) is 10.8 Å². The molecule has 5 aromatic rings. The fourth-order valence-corrected chi connectivity index (χ4v) is 9.45. The predicted octanol–water partition coefficient (Wildman–Crippen LogP) is 17.1. The Labute approximate surface area is 348 Å². The fraction of sp³-hybridized carbons (Fsp3) is 0.482. The standard InChI is InChI=1S/C56H73N/c1-8-12-15-17-19-21-33-56(34-22-20-18-16-13-9-2)52-37-43(24-14-10-3)27-30-50(52)51-31-28-45(40-53(51)56)54-32-29-46(41-57-54)48-36-42(11-4)35-47(38-48)44-25-23-26-49(39-44)55(5,6)7/h23,25-32,35-41H,8-22,24,33-34H2,1-7H3. The van der Waals surface area contributed by atoms with Gasteiger partial charge in [0.2, 0.25) is 0 Å². The zero-order valence-corrected chi connectivity index (χ0v) is 36.9. The van der Waals surface area contributed by atoms with Gasteiger partial charge in [-0.3, -0.25) is 4.98 Å². The summed E-state index contributed by atoms with van der Waals surface area (Å²) in [6.45, 7) is 16.1. The molecule has 0 bridgehead atoms. The Morgan fingerprint density at radius 1 is 0.474 bits per heavy atom. The molecule has 0 unspecified atom stereocenters. The van der Waals surface area contributed by atoms with Gasteiger partial charge in [-0.25, -0.2) is 0 Å². The van der Waals surface area contributed by atoms with E-state index in [1.54, 1.807) is 11.1 Å². The van der Waals surface area contributed by atoms with E-state index < -0.39 is 0 Å². The molecule has 0 fully saturated rings. The maximum atomic E-state index is 5.21. The average Bonchev–Trinajstić information content (AvgIpc) is 3.50. The minimum atomic E-state index is 0.0691. The molecular formula is C56H73N. The lowest BCUT2D eigenvalue weighted by Gasteiger charge is -2.33. The second-order valence-electron chi connectivity index (χ2n) is 18.4. The van der Waals surface area contributed by atoms with Gasteiger partial charge in [0.15, 0.2) is 0 Å². The van der Waals surface area contributed by atoms with Crippen LogP contribution in [0.5, 0.6) is 0 Å². The van der Waals surface area contributed by atoms with Crippen LogP contribution in [0.2, 0.25) is 0 Å². The molecule has 0 spiro atoms. The van der Waals surface area contributed by atoms with Crippen LogP contribution in [0.15, 0.2) is 97.2 Å². The van der Waals surface area contributed by atoms with Gasteiger partial charge >= 0.3 is 0 Å². The summed E-state index contributed by atoms with van der Waals surface area (Å²) < 4.78 is 0. The highest BCUT2D eigenvalue weighted by atomic mass is 14.7. The first-order valence-electron chi connectivity index (χ1n) is 23.2. The molecule has 57 heavy (non-hydrogen) atoms. The quantitative estimate of drug-likeness (QED) is 0.0679. The van der Waals surface area contributed by atoms with E-state index in [4.69, 9.17) is 4.98 Å². The third kappa shape index (κ3) is 10.4. The molecule has 0 radical (unpaired) electrons. The monoisotopic (exact) mass is 760 g/mol. The number of nitrogens with zero attached hydrogens (tertiary/aromatic N) is 1. The van der Waals surface area contributed by atoms with E-state index in [2.05, 4.69) is 146 Å². The highest BCUT2D eigenvalue weighted by Crippen LogP contribution is 2.55. The lowest BCUT2D eigenvalue weighted by atomic mass is 9.70. The van der Waals surface area contributed by atoms with Gasteiger partial charge in [-0.1, -0.05) is 205 Å². The number of hydrogen-bond donors (Lipinski definition) is 0. The fourth-order valence-electron chi connectivity index (χ4n) is 9.45. The Morgan fingerprint density at radius 3 is 1.68 bits per heavy atom. The number of aromatic nitrogens is 1. The summed E-state index contributed by atoms with van der Waals surface area (Å²) in [4.78, 5) is 5.21. The van der Waals surface area contributed by atoms with Crippen LogP contribution in [-0.2, 0) is 23.7 Å². The number of rotatable bonds is 21. The van der Waals surface area contributed by atoms with Gasteiger partial charge in [-0.05, 0) is 111 Å². The number of aryl methyl sites for hydroxylation is 2. The van der Waals surface area contributed by atoms with Crippen molar-refractivity contribution >= 4 is 0 Å². The molecule has 1 aliphatic carbocycles. The number of hydrogen-bond acceptors (Lipinski definition) is 1. The number of unbranched alkanes of at least 4 members (excludes halogenated alkanes) is 11. The van der Waals surface area contributed by atoms with Crippen molar-refractivity contribution in [2.75, 3.05) is 0 Å². The highest BCUT2D eigenvalue weighted by Gasteiger charge is 2.42. The molecule has 0 atom stereocenters. The first-order chi connectivity index (χ1) is 27.7. The van der Waals surface area contributed by atoms with Gasteiger partial charge < -0.3 is 0 Å². The Hall–Kier alpha value is -3.97. The molecule has 0 saturated carbocycles. The lowest BCUT2D eigenvalue weighted by Crippen LogP contribution is -2.26. The summed E-state index contributed by atoms with van der Waals surface area (Å²) in [5.41, 5.74) is 17.9. The minimum Gasteiger partial charge on any atom is -0.256 e. The molecule has 1 aromatic heterocycles. The van der Waals surface area contributed by atoms with Crippen molar-refractivity contribution in [1.82, 2.24) is 4.98 Å². The van der Waals surface area contributed by atoms with Gasteiger partial charge in [-0.15, -0.1) is 0 Å². The van der Waals surface area contributed by atoms with Crippen molar-refractivity contribution in [3.8, 4) is 44.6 Å². The van der Waals surface area contributed by atoms with Gasteiger partial charge in [0.05, 0.1) is 5.69 Å². The molecule has 4 aromatic carbocycles. The van der Waals surface area contributed by atoms with Crippen LogP contribution in [0, 0.1) is 0 Å². The average molecular weight is 760 g/mol. The van der Waals surface area contributed by atoms with Crippen LogP contribution in [0.3, 0.4) is 0 Å². The SMILES string of the molecule is CCCCCCCCC1(CCCCCCCC)c2cc(CCCC)ccc2-c2ccc(-c3ccc(-c4cc(CC)cc(-c5cccc(C(C)(C)C)c5)c4)cn3)cc21. The normalized spacial score (nSPS) is 13.2. The van der Waals surface area contributed by atoms with E-state index >= 15 is 0 Å². The molecule has 1 aliphatic rings. The van der Waals surface area contributed by atoms with Crippen LogP contribution in [0.4, 0.5) is 0 Å².